The van der Waals surface area contributed by atoms with Crippen LogP contribution in [0.3, 0.4) is 0 Å². The maximum absolute atomic E-state index is 12.6. The Morgan fingerprint density at radius 3 is 2.77 bits per heavy atom. The van der Waals surface area contributed by atoms with Gasteiger partial charge in [-0.2, -0.15) is 5.26 Å². The number of amides is 1. The Hall–Kier alpha value is -3.21. The zero-order valence-corrected chi connectivity index (χ0v) is 16.9. The number of nitriles is 1. The molecule has 1 aliphatic carbocycles. The standard InChI is InChI=1S/C22H24N4O4/c1-14(19(27)25-22(13-23)9-3-2-4-10-22)30-21(29)15-7-8-16-17(12-15)24-18-6-5-11-26(18)20(16)28/h7-8,12,14H,2-6,9-11H2,1H3,(H,25,27)/t14-/m0/s1. The summed E-state index contributed by atoms with van der Waals surface area (Å²) in [6.07, 6.45) is 4.59. The summed E-state index contributed by atoms with van der Waals surface area (Å²) >= 11 is 0. The molecule has 156 valence electrons. The van der Waals surface area contributed by atoms with Gasteiger partial charge < -0.3 is 10.1 Å². The van der Waals surface area contributed by atoms with Gasteiger partial charge in [0.1, 0.15) is 11.4 Å². The van der Waals surface area contributed by atoms with E-state index in [2.05, 4.69) is 16.4 Å². The van der Waals surface area contributed by atoms with Crippen molar-refractivity contribution in [3.8, 4) is 6.07 Å². The quantitative estimate of drug-likeness (QED) is 0.776. The molecule has 30 heavy (non-hydrogen) atoms. The lowest BCUT2D eigenvalue weighted by Gasteiger charge is -2.32. The summed E-state index contributed by atoms with van der Waals surface area (Å²) in [6, 6.07) is 6.84. The number of carbonyl (C=O) groups excluding carboxylic acids is 2. The third kappa shape index (κ3) is 3.67. The number of hydrogen-bond donors (Lipinski definition) is 1. The van der Waals surface area contributed by atoms with Crippen molar-refractivity contribution in [3.05, 3.63) is 39.9 Å². The average molecular weight is 408 g/mol. The van der Waals surface area contributed by atoms with Gasteiger partial charge in [-0.1, -0.05) is 19.3 Å². The Morgan fingerprint density at radius 2 is 2.03 bits per heavy atom. The third-order valence-corrected chi connectivity index (χ3v) is 5.99. The molecule has 2 heterocycles. The molecule has 0 spiro atoms. The van der Waals surface area contributed by atoms with Crippen molar-refractivity contribution in [2.24, 2.45) is 0 Å². The lowest BCUT2D eigenvalue weighted by Crippen LogP contribution is -2.52. The van der Waals surface area contributed by atoms with Crippen molar-refractivity contribution in [2.45, 2.75) is 70.1 Å². The summed E-state index contributed by atoms with van der Waals surface area (Å²) in [5.74, 6) is -0.432. The predicted molar refractivity (Wildman–Crippen MR) is 109 cm³/mol. The number of esters is 1. The van der Waals surface area contributed by atoms with Crippen LogP contribution in [-0.4, -0.2) is 33.1 Å². The number of nitrogens with one attached hydrogen (secondary N) is 1. The molecule has 0 bridgehead atoms. The van der Waals surface area contributed by atoms with Gasteiger partial charge in [0.15, 0.2) is 6.10 Å². The summed E-state index contributed by atoms with van der Waals surface area (Å²) in [5, 5.41) is 12.7. The SMILES string of the molecule is C[C@H](OC(=O)c1ccc2c(=O)n3c(nc2c1)CCC3)C(=O)NC1(C#N)CCCCC1. The molecule has 0 saturated heterocycles. The Morgan fingerprint density at radius 1 is 1.27 bits per heavy atom. The van der Waals surface area contributed by atoms with Gasteiger partial charge >= 0.3 is 5.97 Å². The van der Waals surface area contributed by atoms with E-state index in [9.17, 15) is 19.6 Å². The van der Waals surface area contributed by atoms with Crippen LogP contribution in [0.4, 0.5) is 0 Å². The van der Waals surface area contributed by atoms with Gasteiger partial charge in [0, 0.05) is 13.0 Å². The third-order valence-electron chi connectivity index (χ3n) is 5.99. The number of nitrogens with zero attached hydrogens (tertiary/aromatic N) is 3. The summed E-state index contributed by atoms with van der Waals surface area (Å²) < 4.78 is 7.00. The van der Waals surface area contributed by atoms with Gasteiger partial charge in [-0.05, 0) is 44.4 Å². The zero-order valence-electron chi connectivity index (χ0n) is 16.9. The van der Waals surface area contributed by atoms with Crippen molar-refractivity contribution in [2.75, 3.05) is 0 Å². The molecule has 1 aromatic carbocycles. The highest BCUT2D eigenvalue weighted by Gasteiger charge is 2.35. The molecule has 2 aromatic rings. The van der Waals surface area contributed by atoms with Gasteiger partial charge in [0.25, 0.3) is 11.5 Å². The number of aryl methyl sites for hydroxylation is 1. The van der Waals surface area contributed by atoms with Crippen molar-refractivity contribution < 1.29 is 14.3 Å². The Bertz CT molecular complexity index is 1110. The number of carbonyl (C=O) groups is 2. The van der Waals surface area contributed by atoms with E-state index in [-0.39, 0.29) is 11.1 Å². The molecule has 0 unspecified atom stereocenters. The minimum Gasteiger partial charge on any atom is -0.449 e. The topological polar surface area (TPSA) is 114 Å². The van der Waals surface area contributed by atoms with Crippen molar-refractivity contribution in [1.82, 2.24) is 14.9 Å². The number of ether oxygens (including phenoxy) is 1. The molecule has 2 aliphatic rings. The summed E-state index contributed by atoms with van der Waals surface area (Å²) in [7, 11) is 0. The van der Waals surface area contributed by atoms with Gasteiger partial charge in [-0.3, -0.25) is 14.2 Å². The molecule has 8 heteroatoms. The lowest BCUT2D eigenvalue weighted by molar-refractivity contribution is -0.130. The van der Waals surface area contributed by atoms with Crippen LogP contribution in [0.15, 0.2) is 23.0 Å². The Labute approximate surface area is 173 Å². The van der Waals surface area contributed by atoms with Crippen LogP contribution < -0.4 is 10.9 Å². The number of hydrogen-bond acceptors (Lipinski definition) is 6. The van der Waals surface area contributed by atoms with Crippen molar-refractivity contribution in [3.63, 3.8) is 0 Å². The maximum Gasteiger partial charge on any atom is 0.338 e. The molecule has 1 fully saturated rings. The summed E-state index contributed by atoms with van der Waals surface area (Å²) in [6.45, 7) is 2.15. The Balaban J connectivity index is 1.48. The van der Waals surface area contributed by atoms with E-state index in [1.807, 2.05) is 0 Å². The minimum absolute atomic E-state index is 0.102. The van der Waals surface area contributed by atoms with Gasteiger partial charge in [0.2, 0.25) is 0 Å². The highest BCUT2D eigenvalue weighted by atomic mass is 16.5. The van der Waals surface area contributed by atoms with Gasteiger partial charge in [0.05, 0.1) is 22.5 Å². The van der Waals surface area contributed by atoms with Crippen LogP contribution >= 0.6 is 0 Å². The second kappa shape index (κ2) is 7.90. The smallest absolute Gasteiger partial charge is 0.338 e. The normalized spacial score (nSPS) is 18.3. The van der Waals surface area contributed by atoms with Crippen LogP contribution in [0.5, 0.6) is 0 Å². The maximum atomic E-state index is 12.6. The number of benzene rings is 1. The molecule has 1 N–H and O–H groups in total. The largest absolute Gasteiger partial charge is 0.449 e. The molecule has 1 aromatic heterocycles. The van der Waals surface area contributed by atoms with Crippen LogP contribution in [0.25, 0.3) is 10.9 Å². The molecule has 8 nitrogen and oxygen atoms in total. The number of rotatable bonds is 4. The number of aromatic nitrogens is 2. The van der Waals surface area contributed by atoms with E-state index < -0.39 is 23.5 Å². The Kier molecular flexibility index (Phi) is 5.29. The highest BCUT2D eigenvalue weighted by molar-refractivity contribution is 5.95. The lowest BCUT2D eigenvalue weighted by atomic mass is 9.83. The van der Waals surface area contributed by atoms with Crippen LogP contribution in [0.2, 0.25) is 0 Å². The van der Waals surface area contributed by atoms with Crippen LogP contribution in [-0.2, 0) is 22.5 Å². The summed E-state index contributed by atoms with van der Waals surface area (Å²) in [5.41, 5.74) is -0.310. The van der Waals surface area contributed by atoms with Crippen LogP contribution in [0, 0.1) is 11.3 Å². The second-order valence-electron chi connectivity index (χ2n) is 8.11. The van der Waals surface area contributed by atoms with Crippen molar-refractivity contribution in [1.29, 1.82) is 5.26 Å². The van der Waals surface area contributed by atoms with Crippen LogP contribution in [0.1, 0.15) is 61.6 Å². The number of fused-ring (bicyclic) bond motifs is 2. The molecular weight excluding hydrogens is 384 g/mol. The average Bonchev–Trinajstić information content (AvgIpc) is 3.23. The molecule has 4 rings (SSSR count). The fourth-order valence-electron chi connectivity index (χ4n) is 4.25. The summed E-state index contributed by atoms with van der Waals surface area (Å²) in [4.78, 5) is 42.2. The first-order valence-corrected chi connectivity index (χ1v) is 10.4. The first-order chi connectivity index (χ1) is 14.4. The molecule has 1 atom stereocenters. The van der Waals surface area contributed by atoms with E-state index in [1.54, 1.807) is 10.6 Å². The van der Waals surface area contributed by atoms with E-state index in [0.717, 1.165) is 37.9 Å². The zero-order chi connectivity index (χ0) is 21.3. The first kappa shape index (κ1) is 20.1. The van der Waals surface area contributed by atoms with Gasteiger partial charge in [-0.15, -0.1) is 0 Å². The van der Waals surface area contributed by atoms with E-state index in [4.69, 9.17) is 4.74 Å². The molecule has 1 amide bonds. The fourth-order valence-corrected chi connectivity index (χ4v) is 4.25. The predicted octanol–water partition coefficient (Wildman–Crippen LogP) is 2.23. The second-order valence-corrected chi connectivity index (χ2v) is 8.11. The van der Waals surface area contributed by atoms with Gasteiger partial charge in [-0.25, -0.2) is 9.78 Å². The molecule has 1 aliphatic heterocycles. The van der Waals surface area contributed by atoms with E-state index in [0.29, 0.717) is 30.3 Å². The molecule has 1 saturated carbocycles. The first-order valence-electron chi connectivity index (χ1n) is 10.4. The van der Waals surface area contributed by atoms with E-state index in [1.165, 1.54) is 19.1 Å². The molecular formula is C22H24N4O4. The highest BCUT2D eigenvalue weighted by Crippen LogP contribution is 2.27. The van der Waals surface area contributed by atoms with Crippen molar-refractivity contribution >= 4 is 22.8 Å². The minimum atomic E-state index is -1.04. The fraction of sp³-hybridized carbons (Fsp3) is 0.500. The van der Waals surface area contributed by atoms with E-state index >= 15 is 0 Å². The monoisotopic (exact) mass is 408 g/mol. The molecule has 0 radical (unpaired) electrons.